The van der Waals surface area contributed by atoms with Crippen molar-refractivity contribution in [2.75, 3.05) is 5.73 Å². The fraction of sp³-hybridized carbons (Fsp3) is 0.308. The number of carbonyl (C=O) groups excluding carboxylic acids is 1. The van der Waals surface area contributed by atoms with Crippen molar-refractivity contribution in [3.8, 4) is 0 Å². The Morgan fingerprint density at radius 1 is 0.970 bits per heavy atom. The molecule has 0 radical (unpaired) electrons. The second-order valence-corrected chi connectivity index (χ2v) is 13.5. The molecule has 0 bridgehead atoms. The van der Waals surface area contributed by atoms with Crippen LogP contribution in [0.3, 0.4) is 0 Å². The predicted octanol–water partition coefficient (Wildman–Crippen LogP) is 4.16. The molecule has 2 atom stereocenters. The number of benzene rings is 2. The van der Waals surface area contributed by atoms with Gasteiger partial charge in [0, 0.05) is 12.6 Å². The van der Waals surface area contributed by atoms with Gasteiger partial charge in [0.2, 0.25) is 0 Å². The zero-order chi connectivity index (χ0) is 24.1. The second-order valence-electron chi connectivity index (χ2n) is 9.23. The number of rotatable bonds is 8. The Balaban J connectivity index is 2.21. The van der Waals surface area contributed by atoms with Crippen molar-refractivity contribution in [3.05, 3.63) is 84.7 Å². The molecule has 4 N–H and O–H groups in total. The van der Waals surface area contributed by atoms with E-state index < -0.39 is 26.6 Å². The van der Waals surface area contributed by atoms with Crippen molar-refractivity contribution in [2.45, 2.75) is 51.4 Å². The first kappa shape index (κ1) is 24.5. The van der Waals surface area contributed by atoms with Gasteiger partial charge in [-0.15, -0.1) is 0 Å². The largest absolute Gasteiger partial charge is 0.447 e. The van der Waals surface area contributed by atoms with Gasteiger partial charge in [0.1, 0.15) is 6.10 Å². The highest BCUT2D eigenvalue weighted by atomic mass is 28.4. The van der Waals surface area contributed by atoms with E-state index in [1.807, 2.05) is 42.5 Å². The van der Waals surface area contributed by atoms with Crippen LogP contribution < -0.4 is 21.8 Å². The van der Waals surface area contributed by atoms with Gasteiger partial charge in [-0.05, 0) is 34.5 Å². The summed E-state index contributed by atoms with van der Waals surface area (Å²) in [6.45, 7) is 8.43. The molecular formula is C26H33N3O3Si. The Morgan fingerprint density at radius 2 is 1.52 bits per heavy atom. The van der Waals surface area contributed by atoms with Crippen LogP contribution in [-0.4, -0.2) is 25.5 Å². The summed E-state index contributed by atoms with van der Waals surface area (Å²) in [7, 11) is -2.89. The van der Waals surface area contributed by atoms with E-state index in [9.17, 15) is 4.79 Å². The number of primary amides is 1. The molecule has 174 valence electrons. The molecule has 1 unspecified atom stereocenters. The van der Waals surface area contributed by atoms with Crippen LogP contribution in [0.15, 0.2) is 79.0 Å². The first-order valence-corrected chi connectivity index (χ1v) is 13.0. The highest BCUT2D eigenvalue weighted by Crippen LogP contribution is 2.41. The number of carbonyl (C=O) groups is 1. The maximum Gasteiger partial charge on any atom is 0.404 e. The van der Waals surface area contributed by atoms with Gasteiger partial charge in [0.05, 0.1) is 17.5 Å². The van der Waals surface area contributed by atoms with Crippen LogP contribution >= 0.6 is 0 Å². The number of pyridine rings is 1. The molecule has 0 aliphatic heterocycles. The van der Waals surface area contributed by atoms with Gasteiger partial charge >= 0.3 is 6.09 Å². The number of anilines is 1. The van der Waals surface area contributed by atoms with Crippen molar-refractivity contribution in [1.82, 2.24) is 4.98 Å². The van der Waals surface area contributed by atoms with Crippen LogP contribution in [0.5, 0.6) is 0 Å². The SMILES string of the molecule is C[C@@H](CC(O[Si](c1ccccc1)(c1ccccc1)C(C)(C)C)c1ncccc1N)OC(N)=O. The molecule has 1 amide bonds. The number of amides is 1. The summed E-state index contributed by atoms with van der Waals surface area (Å²) in [6, 6.07) is 24.3. The number of nitrogens with two attached hydrogens (primary N) is 2. The van der Waals surface area contributed by atoms with E-state index >= 15 is 0 Å². The first-order chi connectivity index (χ1) is 15.6. The standard InChI is InChI=1S/C26H33N3O3Si/c1-19(31-25(28)30)18-23(24-22(27)16-11-17-29-24)32-33(26(2,3)4,20-12-7-5-8-13-20)21-14-9-6-10-15-21/h5-17,19,23H,18,27H2,1-4H3,(H2,28,30)/t19-,23?/m0/s1. The number of nitrogen functional groups attached to an aromatic ring is 1. The van der Waals surface area contributed by atoms with E-state index in [4.69, 9.17) is 20.6 Å². The number of ether oxygens (including phenoxy) is 1. The third-order valence-corrected chi connectivity index (χ3v) is 10.8. The van der Waals surface area contributed by atoms with Gasteiger partial charge in [0.25, 0.3) is 8.32 Å². The summed E-state index contributed by atoms with van der Waals surface area (Å²) >= 11 is 0. The second kappa shape index (κ2) is 10.2. The van der Waals surface area contributed by atoms with E-state index in [-0.39, 0.29) is 5.04 Å². The van der Waals surface area contributed by atoms with Crippen molar-refractivity contribution in [2.24, 2.45) is 5.73 Å². The van der Waals surface area contributed by atoms with Crippen LogP contribution in [0.4, 0.5) is 10.5 Å². The molecule has 2 aromatic carbocycles. The van der Waals surface area contributed by atoms with Gasteiger partial charge in [-0.25, -0.2) is 4.79 Å². The minimum absolute atomic E-state index is 0.231. The topological polar surface area (TPSA) is 100 Å². The maximum atomic E-state index is 11.4. The highest BCUT2D eigenvalue weighted by molar-refractivity contribution is 6.99. The van der Waals surface area contributed by atoms with Crippen molar-refractivity contribution < 1.29 is 14.0 Å². The number of aromatic nitrogens is 1. The Kier molecular flexibility index (Phi) is 7.56. The van der Waals surface area contributed by atoms with Crippen LogP contribution in [0.25, 0.3) is 0 Å². The third kappa shape index (κ3) is 5.43. The van der Waals surface area contributed by atoms with Crippen molar-refractivity contribution >= 4 is 30.5 Å². The van der Waals surface area contributed by atoms with Crippen molar-refractivity contribution in [1.29, 1.82) is 0 Å². The van der Waals surface area contributed by atoms with E-state index in [1.165, 1.54) is 0 Å². The van der Waals surface area contributed by atoms with Crippen LogP contribution in [0.2, 0.25) is 5.04 Å². The fourth-order valence-electron chi connectivity index (χ4n) is 4.37. The zero-order valence-corrected chi connectivity index (χ0v) is 20.7. The maximum absolute atomic E-state index is 11.4. The molecule has 1 heterocycles. The number of nitrogens with zero attached hydrogens (tertiary/aromatic N) is 1. The Labute approximate surface area is 197 Å². The van der Waals surface area contributed by atoms with Gasteiger partial charge < -0.3 is 20.6 Å². The summed E-state index contributed by atoms with van der Waals surface area (Å²) in [5, 5.41) is 2.06. The molecule has 0 spiro atoms. The summed E-state index contributed by atoms with van der Waals surface area (Å²) in [4.78, 5) is 16.0. The average Bonchev–Trinajstić information content (AvgIpc) is 2.77. The average molecular weight is 464 g/mol. The molecule has 0 saturated carbocycles. The predicted molar refractivity (Wildman–Crippen MR) is 135 cm³/mol. The van der Waals surface area contributed by atoms with Crippen LogP contribution in [0.1, 0.15) is 45.9 Å². The lowest BCUT2D eigenvalue weighted by Gasteiger charge is -2.45. The normalized spacial score (nSPS) is 13.8. The highest BCUT2D eigenvalue weighted by Gasteiger charge is 2.52. The smallest absolute Gasteiger partial charge is 0.404 e. The number of hydrogen-bond donors (Lipinski definition) is 2. The van der Waals surface area contributed by atoms with Gasteiger partial charge in [-0.2, -0.15) is 0 Å². The molecule has 1 aromatic heterocycles. The Bertz CT molecular complexity index is 1020. The number of hydrogen-bond acceptors (Lipinski definition) is 5. The lowest BCUT2D eigenvalue weighted by Crippen LogP contribution is -2.67. The third-order valence-electron chi connectivity index (χ3n) is 5.78. The molecule has 0 aliphatic rings. The lowest BCUT2D eigenvalue weighted by molar-refractivity contribution is 0.0719. The lowest BCUT2D eigenvalue weighted by atomic mass is 10.1. The van der Waals surface area contributed by atoms with E-state index in [0.717, 1.165) is 10.4 Å². The minimum Gasteiger partial charge on any atom is -0.447 e. The first-order valence-electron chi connectivity index (χ1n) is 11.1. The molecular weight excluding hydrogens is 430 g/mol. The molecule has 0 fully saturated rings. The Morgan fingerprint density at radius 3 is 1.97 bits per heavy atom. The van der Waals surface area contributed by atoms with E-state index in [2.05, 4.69) is 50.0 Å². The fourth-order valence-corrected chi connectivity index (χ4v) is 9.02. The zero-order valence-electron chi connectivity index (χ0n) is 19.7. The monoisotopic (exact) mass is 463 g/mol. The molecule has 6 nitrogen and oxygen atoms in total. The summed E-state index contributed by atoms with van der Waals surface area (Å²) < 4.78 is 12.5. The van der Waals surface area contributed by atoms with Crippen LogP contribution in [-0.2, 0) is 9.16 Å². The minimum atomic E-state index is -2.89. The van der Waals surface area contributed by atoms with E-state index in [0.29, 0.717) is 17.8 Å². The molecule has 0 saturated heterocycles. The van der Waals surface area contributed by atoms with Gasteiger partial charge in [-0.1, -0.05) is 81.4 Å². The molecule has 33 heavy (non-hydrogen) atoms. The molecule has 0 aliphatic carbocycles. The van der Waals surface area contributed by atoms with Crippen molar-refractivity contribution in [3.63, 3.8) is 0 Å². The van der Waals surface area contributed by atoms with Gasteiger partial charge in [-0.3, -0.25) is 4.98 Å². The van der Waals surface area contributed by atoms with Gasteiger partial charge in [0.15, 0.2) is 0 Å². The van der Waals surface area contributed by atoms with Crippen LogP contribution in [0, 0.1) is 0 Å². The summed E-state index contributed by atoms with van der Waals surface area (Å²) in [5.74, 6) is 0. The summed E-state index contributed by atoms with van der Waals surface area (Å²) in [5.41, 5.74) is 12.8. The quantitative estimate of drug-likeness (QED) is 0.489. The molecule has 3 aromatic rings. The molecule has 7 heteroatoms. The summed E-state index contributed by atoms with van der Waals surface area (Å²) in [6.07, 6.45) is 0.265. The molecule has 3 rings (SSSR count). The Hall–Kier alpha value is -3.16. The van der Waals surface area contributed by atoms with E-state index in [1.54, 1.807) is 19.2 Å².